The van der Waals surface area contributed by atoms with E-state index in [4.69, 9.17) is 4.74 Å². The topological polar surface area (TPSA) is 21.3 Å². The molecule has 1 aromatic rings. The summed E-state index contributed by atoms with van der Waals surface area (Å²) in [7, 11) is 0. The van der Waals surface area contributed by atoms with Crippen molar-refractivity contribution in [1.82, 2.24) is 5.32 Å². The SMILES string of the molecule is Br.Cc1cccc(OCCNC2CC2)c1. The Kier molecular flexibility index (Phi) is 5.12. The number of rotatable bonds is 5. The summed E-state index contributed by atoms with van der Waals surface area (Å²) in [6.07, 6.45) is 2.68. The van der Waals surface area contributed by atoms with Crippen LogP contribution in [0.4, 0.5) is 0 Å². The van der Waals surface area contributed by atoms with E-state index in [0.717, 1.165) is 24.9 Å². The zero-order valence-corrected chi connectivity index (χ0v) is 10.7. The predicted octanol–water partition coefficient (Wildman–Crippen LogP) is 2.70. The van der Waals surface area contributed by atoms with E-state index in [1.54, 1.807) is 0 Å². The fourth-order valence-electron chi connectivity index (χ4n) is 1.42. The molecule has 0 radical (unpaired) electrons. The van der Waals surface area contributed by atoms with Gasteiger partial charge in [0.2, 0.25) is 0 Å². The van der Waals surface area contributed by atoms with Crippen molar-refractivity contribution in [2.45, 2.75) is 25.8 Å². The smallest absolute Gasteiger partial charge is 0.119 e. The molecule has 1 aliphatic carbocycles. The van der Waals surface area contributed by atoms with E-state index in [2.05, 4.69) is 24.4 Å². The molecular weight excluding hydrogens is 254 g/mol. The number of hydrogen-bond acceptors (Lipinski definition) is 2. The Labute approximate surface area is 102 Å². The van der Waals surface area contributed by atoms with Crippen LogP contribution in [0.3, 0.4) is 0 Å². The minimum atomic E-state index is 0. The molecule has 0 spiro atoms. The van der Waals surface area contributed by atoms with Crippen molar-refractivity contribution in [3.63, 3.8) is 0 Å². The summed E-state index contributed by atoms with van der Waals surface area (Å²) in [4.78, 5) is 0. The van der Waals surface area contributed by atoms with Crippen LogP contribution >= 0.6 is 17.0 Å². The minimum Gasteiger partial charge on any atom is -0.492 e. The molecular formula is C12H18BrNO. The molecule has 0 aliphatic heterocycles. The van der Waals surface area contributed by atoms with Gasteiger partial charge in [0, 0.05) is 12.6 Å². The first-order chi connectivity index (χ1) is 6.84. The maximum absolute atomic E-state index is 5.60. The van der Waals surface area contributed by atoms with Crippen molar-refractivity contribution in [1.29, 1.82) is 0 Å². The summed E-state index contributed by atoms with van der Waals surface area (Å²) in [5.74, 6) is 0.975. The third-order valence-corrected chi connectivity index (χ3v) is 2.37. The second kappa shape index (κ2) is 6.13. The van der Waals surface area contributed by atoms with E-state index < -0.39 is 0 Å². The lowest BCUT2D eigenvalue weighted by molar-refractivity contribution is 0.313. The Hall–Kier alpha value is -0.540. The summed E-state index contributed by atoms with van der Waals surface area (Å²) in [5, 5.41) is 3.42. The van der Waals surface area contributed by atoms with E-state index in [1.807, 2.05) is 12.1 Å². The van der Waals surface area contributed by atoms with Crippen LogP contribution in [0.2, 0.25) is 0 Å². The lowest BCUT2D eigenvalue weighted by Crippen LogP contribution is -2.22. The summed E-state index contributed by atoms with van der Waals surface area (Å²) < 4.78 is 5.60. The van der Waals surface area contributed by atoms with Crippen molar-refractivity contribution in [3.8, 4) is 5.75 Å². The summed E-state index contributed by atoms with van der Waals surface area (Å²) in [6.45, 7) is 3.80. The van der Waals surface area contributed by atoms with Crippen LogP contribution in [0.5, 0.6) is 5.75 Å². The molecule has 0 atom stereocenters. The van der Waals surface area contributed by atoms with E-state index in [1.165, 1.54) is 18.4 Å². The molecule has 0 saturated heterocycles. The van der Waals surface area contributed by atoms with Gasteiger partial charge in [0.1, 0.15) is 12.4 Å². The van der Waals surface area contributed by atoms with Crippen LogP contribution in [-0.4, -0.2) is 19.2 Å². The molecule has 0 amide bonds. The molecule has 0 aromatic heterocycles. The van der Waals surface area contributed by atoms with Gasteiger partial charge >= 0.3 is 0 Å². The molecule has 84 valence electrons. The predicted molar refractivity (Wildman–Crippen MR) is 68.0 cm³/mol. The van der Waals surface area contributed by atoms with Gasteiger partial charge in [-0.25, -0.2) is 0 Å². The molecule has 1 saturated carbocycles. The maximum Gasteiger partial charge on any atom is 0.119 e. The maximum atomic E-state index is 5.60. The molecule has 2 rings (SSSR count). The molecule has 1 aromatic carbocycles. The number of hydrogen-bond donors (Lipinski definition) is 1. The van der Waals surface area contributed by atoms with Crippen molar-refractivity contribution < 1.29 is 4.74 Å². The fraction of sp³-hybridized carbons (Fsp3) is 0.500. The Morgan fingerprint density at radius 3 is 2.87 bits per heavy atom. The second-order valence-corrected chi connectivity index (χ2v) is 3.89. The zero-order valence-electron chi connectivity index (χ0n) is 9.03. The van der Waals surface area contributed by atoms with E-state index in [-0.39, 0.29) is 17.0 Å². The first-order valence-electron chi connectivity index (χ1n) is 5.27. The monoisotopic (exact) mass is 271 g/mol. The van der Waals surface area contributed by atoms with Gasteiger partial charge < -0.3 is 10.1 Å². The molecule has 2 nitrogen and oxygen atoms in total. The Morgan fingerprint density at radius 1 is 1.40 bits per heavy atom. The van der Waals surface area contributed by atoms with Gasteiger partial charge in [-0.05, 0) is 37.5 Å². The molecule has 15 heavy (non-hydrogen) atoms. The Morgan fingerprint density at radius 2 is 2.20 bits per heavy atom. The summed E-state index contributed by atoms with van der Waals surface area (Å²) in [6, 6.07) is 8.95. The Bertz CT molecular complexity index is 299. The van der Waals surface area contributed by atoms with E-state index in [9.17, 15) is 0 Å². The highest BCUT2D eigenvalue weighted by Crippen LogP contribution is 2.18. The molecule has 1 fully saturated rings. The van der Waals surface area contributed by atoms with Crippen LogP contribution in [-0.2, 0) is 0 Å². The molecule has 0 bridgehead atoms. The highest BCUT2D eigenvalue weighted by molar-refractivity contribution is 8.93. The van der Waals surface area contributed by atoms with Gasteiger partial charge in [-0.15, -0.1) is 17.0 Å². The lowest BCUT2D eigenvalue weighted by atomic mass is 10.2. The quantitative estimate of drug-likeness (QED) is 0.832. The lowest BCUT2D eigenvalue weighted by Gasteiger charge is -2.07. The van der Waals surface area contributed by atoms with E-state index >= 15 is 0 Å². The molecule has 3 heteroatoms. The standard InChI is InChI=1S/C12H17NO.BrH/c1-10-3-2-4-12(9-10)14-8-7-13-11-5-6-11;/h2-4,9,11,13H,5-8H2,1H3;1H. The van der Waals surface area contributed by atoms with Gasteiger partial charge in [0.05, 0.1) is 0 Å². The molecule has 0 unspecified atom stereocenters. The zero-order chi connectivity index (χ0) is 9.80. The van der Waals surface area contributed by atoms with Gasteiger partial charge in [-0.1, -0.05) is 12.1 Å². The first kappa shape index (κ1) is 12.5. The van der Waals surface area contributed by atoms with Crippen molar-refractivity contribution >= 4 is 17.0 Å². The minimum absolute atomic E-state index is 0. The van der Waals surface area contributed by atoms with Crippen LogP contribution in [0.15, 0.2) is 24.3 Å². The van der Waals surface area contributed by atoms with Gasteiger partial charge in [-0.3, -0.25) is 0 Å². The third-order valence-electron chi connectivity index (χ3n) is 2.37. The first-order valence-corrected chi connectivity index (χ1v) is 5.27. The van der Waals surface area contributed by atoms with Crippen LogP contribution < -0.4 is 10.1 Å². The highest BCUT2D eigenvalue weighted by atomic mass is 79.9. The number of nitrogens with one attached hydrogen (secondary N) is 1. The molecule has 1 N–H and O–H groups in total. The number of ether oxygens (including phenoxy) is 1. The van der Waals surface area contributed by atoms with Crippen molar-refractivity contribution in [3.05, 3.63) is 29.8 Å². The molecule has 0 heterocycles. The van der Waals surface area contributed by atoms with Gasteiger partial charge in [0.25, 0.3) is 0 Å². The van der Waals surface area contributed by atoms with Gasteiger partial charge in [0.15, 0.2) is 0 Å². The van der Waals surface area contributed by atoms with Crippen molar-refractivity contribution in [2.75, 3.05) is 13.2 Å². The Balaban J connectivity index is 0.00000112. The third kappa shape index (κ3) is 4.67. The number of benzene rings is 1. The number of aryl methyl sites for hydroxylation is 1. The summed E-state index contributed by atoms with van der Waals surface area (Å²) in [5.41, 5.74) is 1.25. The van der Waals surface area contributed by atoms with E-state index in [0.29, 0.717) is 0 Å². The van der Waals surface area contributed by atoms with Crippen LogP contribution in [0.25, 0.3) is 0 Å². The summed E-state index contributed by atoms with van der Waals surface area (Å²) >= 11 is 0. The normalized spacial score (nSPS) is 14.5. The van der Waals surface area contributed by atoms with Crippen LogP contribution in [0.1, 0.15) is 18.4 Å². The average molecular weight is 272 g/mol. The number of halogens is 1. The highest BCUT2D eigenvalue weighted by Gasteiger charge is 2.19. The average Bonchev–Trinajstić information content (AvgIpc) is 2.96. The molecule has 1 aliphatic rings. The largest absolute Gasteiger partial charge is 0.492 e. The van der Waals surface area contributed by atoms with Crippen LogP contribution in [0, 0.1) is 6.92 Å². The van der Waals surface area contributed by atoms with Gasteiger partial charge in [-0.2, -0.15) is 0 Å². The van der Waals surface area contributed by atoms with Crippen molar-refractivity contribution in [2.24, 2.45) is 0 Å². The second-order valence-electron chi connectivity index (χ2n) is 3.89. The fourth-order valence-corrected chi connectivity index (χ4v) is 1.42.